The Hall–Kier alpha value is -2.18. The first-order valence-corrected chi connectivity index (χ1v) is 11.0. The molecule has 2 aliphatic rings. The summed E-state index contributed by atoms with van der Waals surface area (Å²) in [6, 6.07) is 15.2. The number of likely N-dealkylation sites (tertiary alicyclic amines) is 1. The number of fused-ring (bicyclic) bond motifs is 1. The molecule has 0 aliphatic carbocycles. The summed E-state index contributed by atoms with van der Waals surface area (Å²) in [7, 11) is 0. The highest BCUT2D eigenvalue weighted by atomic mass is 19.1. The SMILES string of the molecule is CC(C)(F)CN1CCc2cc(O)ccc2C1.FCC1CN(CCOc2ccccc2)C1. The van der Waals surface area contributed by atoms with E-state index < -0.39 is 5.67 Å². The van der Waals surface area contributed by atoms with Gasteiger partial charge in [-0.1, -0.05) is 24.3 Å². The predicted molar refractivity (Wildman–Crippen MR) is 120 cm³/mol. The molecule has 2 aromatic carbocycles. The molecule has 2 aromatic rings. The van der Waals surface area contributed by atoms with Gasteiger partial charge in [0, 0.05) is 45.2 Å². The Morgan fingerprint density at radius 3 is 2.48 bits per heavy atom. The molecule has 0 saturated carbocycles. The Labute approximate surface area is 184 Å². The first kappa shape index (κ1) is 23.5. The van der Waals surface area contributed by atoms with Crippen molar-refractivity contribution in [2.45, 2.75) is 32.5 Å². The van der Waals surface area contributed by atoms with E-state index in [0.717, 1.165) is 44.9 Å². The molecule has 1 fully saturated rings. The molecule has 4 rings (SSSR count). The molecule has 2 heterocycles. The summed E-state index contributed by atoms with van der Waals surface area (Å²) in [5.74, 6) is 1.49. The third-order valence-electron chi connectivity index (χ3n) is 5.55. The fourth-order valence-corrected chi connectivity index (χ4v) is 4.03. The number of phenolic OH excluding ortho intramolecular Hbond substituents is 1. The Bertz CT molecular complexity index is 805. The molecular formula is C25H34F2N2O2. The normalized spacial score (nSPS) is 17.3. The molecule has 6 heteroatoms. The lowest BCUT2D eigenvalue weighted by Gasteiger charge is -2.37. The van der Waals surface area contributed by atoms with Crippen LogP contribution in [0.15, 0.2) is 48.5 Å². The number of para-hydroxylation sites is 1. The minimum atomic E-state index is -1.14. The summed E-state index contributed by atoms with van der Waals surface area (Å²) in [6.45, 7) is 8.49. The molecule has 0 radical (unpaired) electrons. The number of nitrogens with zero attached hydrogens (tertiary/aromatic N) is 2. The van der Waals surface area contributed by atoms with E-state index in [1.165, 1.54) is 11.1 Å². The van der Waals surface area contributed by atoms with Crippen LogP contribution in [0.5, 0.6) is 11.5 Å². The van der Waals surface area contributed by atoms with Crippen molar-refractivity contribution in [1.29, 1.82) is 0 Å². The topological polar surface area (TPSA) is 35.9 Å². The van der Waals surface area contributed by atoms with Crippen molar-refractivity contribution in [2.24, 2.45) is 5.92 Å². The number of phenols is 1. The zero-order chi connectivity index (χ0) is 22.3. The van der Waals surface area contributed by atoms with E-state index in [4.69, 9.17) is 4.74 Å². The number of halogens is 2. The van der Waals surface area contributed by atoms with Gasteiger partial charge in [0.05, 0.1) is 6.67 Å². The third-order valence-corrected chi connectivity index (χ3v) is 5.55. The Morgan fingerprint density at radius 1 is 1.06 bits per heavy atom. The lowest BCUT2D eigenvalue weighted by Crippen LogP contribution is -2.49. The largest absolute Gasteiger partial charge is 0.508 e. The summed E-state index contributed by atoms with van der Waals surface area (Å²) in [5.41, 5.74) is 1.25. The molecule has 0 unspecified atom stereocenters. The molecule has 4 nitrogen and oxygen atoms in total. The average molecular weight is 433 g/mol. The van der Waals surface area contributed by atoms with Crippen molar-refractivity contribution < 1.29 is 18.6 Å². The molecule has 1 N–H and O–H groups in total. The van der Waals surface area contributed by atoms with Crippen LogP contribution in [-0.4, -0.2) is 66.6 Å². The van der Waals surface area contributed by atoms with Crippen LogP contribution in [0.2, 0.25) is 0 Å². The predicted octanol–water partition coefficient (Wildman–Crippen LogP) is 4.47. The fraction of sp³-hybridized carbons (Fsp3) is 0.520. The van der Waals surface area contributed by atoms with E-state index >= 15 is 0 Å². The first-order valence-electron chi connectivity index (χ1n) is 11.0. The lowest BCUT2D eigenvalue weighted by atomic mass is 9.98. The molecule has 1 saturated heterocycles. The van der Waals surface area contributed by atoms with E-state index in [1.54, 1.807) is 19.9 Å². The van der Waals surface area contributed by atoms with Gasteiger partial charge in [-0.3, -0.25) is 14.2 Å². The van der Waals surface area contributed by atoms with Gasteiger partial charge in [-0.2, -0.15) is 0 Å². The van der Waals surface area contributed by atoms with Gasteiger partial charge < -0.3 is 9.84 Å². The Balaban J connectivity index is 0.000000176. The molecule has 0 bridgehead atoms. The molecule has 2 aliphatic heterocycles. The number of hydrogen-bond acceptors (Lipinski definition) is 4. The van der Waals surface area contributed by atoms with Crippen LogP contribution in [-0.2, 0) is 13.0 Å². The van der Waals surface area contributed by atoms with Gasteiger partial charge in [0.15, 0.2) is 0 Å². The highest BCUT2D eigenvalue weighted by molar-refractivity contribution is 5.36. The highest BCUT2D eigenvalue weighted by Gasteiger charge is 2.26. The monoisotopic (exact) mass is 432 g/mol. The number of hydrogen-bond donors (Lipinski definition) is 1. The van der Waals surface area contributed by atoms with Crippen molar-refractivity contribution in [1.82, 2.24) is 9.80 Å². The van der Waals surface area contributed by atoms with E-state index in [-0.39, 0.29) is 12.6 Å². The van der Waals surface area contributed by atoms with Crippen molar-refractivity contribution in [2.75, 3.05) is 46.0 Å². The molecule has 0 amide bonds. The highest BCUT2D eigenvalue weighted by Crippen LogP contribution is 2.24. The Morgan fingerprint density at radius 2 is 1.81 bits per heavy atom. The minimum Gasteiger partial charge on any atom is -0.508 e. The maximum Gasteiger partial charge on any atom is 0.119 e. The van der Waals surface area contributed by atoms with Gasteiger partial charge in [0.1, 0.15) is 23.8 Å². The standard InChI is InChI=1S/C13H18FNO.C12H16FNO/c1-13(2,14)9-15-6-5-10-7-12(16)4-3-11(10)8-15;13-8-11-9-14(10-11)6-7-15-12-4-2-1-3-5-12/h3-4,7,16H,5-6,8-9H2,1-2H3;1-5,11H,6-10H2. The number of aromatic hydroxyl groups is 1. The molecule has 0 atom stereocenters. The number of alkyl halides is 2. The maximum atomic E-state index is 13.5. The van der Waals surface area contributed by atoms with Gasteiger partial charge in [0.25, 0.3) is 0 Å². The second-order valence-corrected chi connectivity index (χ2v) is 9.07. The van der Waals surface area contributed by atoms with Gasteiger partial charge in [0.2, 0.25) is 0 Å². The van der Waals surface area contributed by atoms with Crippen LogP contribution in [0.1, 0.15) is 25.0 Å². The van der Waals surface area contributed by atoms with Crippen LogP contribution in [0, 0.1) is 5.92 Å². The summed E-state index contributed by atoms with van der Waals surface area (Å²) in [5, 5.41) is 9.37. The average Bonchev–Trinajstić information content (AvgIpc) is 2.70. The second-order valence-electron chi connectivity index (χ2n) is 9.07. The molecule has 170 valence electrons. The zero-order valence-electron chi connectivity index (χ0n) is 18.6. The van der Waals surface area contributed by atoms with Crippen LogP contribution < -0.4 is 4.74 Å². The van der Waals surface area contributed by atoms with Gasteiger partial charge in [-0.25, -0.2) is 4.39 Å². The number of benzene rings is 2. The third kappa shape index (κ3) is 7.78. The smallest absolute Gasteiger partial charge is 0.119 e. The van der Waals surface area contributed by atoms with E-state index in [9.17, 15) is 13.9 Å². The van der Waals surface area contributed by atoms with Gasteiger partial charge >= 0.3 is 0 Å². The minimum absolute atomic E-state index is 0.184. The lowest BCUT2D eigenvalue weighted by molar-refractivity contribution is 0.0668. The van der Waals surface area contributed by atoms with Gasteiger partial charge in [-0.15, -0.1) is 0 Å². The molecule has 0 spiro atoms. The second kappa shape index (κ2) is 10.9. The number of rotatable bonds is 7. The van der Waals surface area contributed by atoms with Crippen molar-refractivity contribution in [3.8, 4) is 11.5 Å². The number of ether oxygens (including phenoxy) is 1. The summed E-state index contributed by atoms with van der Waals surface area (Å²) >= 11 is 0. The van der Waals surface area contributed by atoms with E-state index in [2.05, 4.69) is 9.80 Å². The van der Waals surface area contributed by atoms with Crippen molar-refractivity contribution in [3.05, 3.63) is 59.7 Å². The van der Waals surface area contributed by atoms with E-state index in [0.29, 0.717) is 18.9 Å². The van der Waals surface area contributed by atoms with Crippen LogP contribution >= 0.6 is 0 Å². The van der Waals surface area contributed by atoms with Crippen LogP contribution in [0.25, 0.3) is 0 Å². The van der Waals surface area contributed by atoms with Crippen LogP contribution in [0.4, 0.5) is 8.78 Å². The van der Waals surface area contributed by atoms with Crippen molar-refractivity contribution in [3.63, 3.8) is 0 Å². The summed E-state index contributed by atoms with van der Waals surface area (Å²) in [4.78, 5) is 4.34. The van der Waals surface area contributed by atoms with Gasteiger partial charge in [-0.05, 0) is 55.7 Å². The maximum absolute atomic E-state index is 13.5. The Kier molecular flexibility index (Phi) is 8.27. The zero-order valence-corrected chi connectivity index (χ0v) is 18.6. The summed E-state index contributed by atoms with van der Waals surface area (Å²) < 4.78 is 31.2. The first-order chi connectivity index (χ1) is 14.8. The van der Waals surface area contributed by atoms with Crippen LogP contribution in [0.3, 0.4) is 0 Å². The molecular weight excluding hydrogens is 398 g/mol. The quantitative estimate of drug-likeness (QED) is 0.701. The molecule has 0 aromatic heterocycles. The van der Waals surface area contributed by atoms with E-state index in [1.807, 2.05) is 42.5 Å². The molecule has 31 heavy (non-hydrogen) atoms. The van der Waals surface area contributed by atoms with Crippen molar-refractivity contribution >= 4 is 0 Å². The fourth-order valence-electron chi connectivity index (χ4n) is 4.03. The summed E-state index contributed by atoms with van der Waals surface area (Å²) in [6.07, 6.45) is 0.889.